The first kappa shape index (κ1) is 19.2. The van der Waals surface area contributed by atoms with Crippen molar-refractivity contribution in [1.82, 2.24) is 9.80 Å². The minimum atomic E-state index is 0.150. The van der Waals surface area contributed by atoms with Crippen molar-refractivity contribution in [3.63, 3.8) is 0 Å². The standard InChI is InChI=1S/C23H28N2O2/c1-18-8-3-5-10-20(18)16-22(26)24-12-7-13-25(15-14-24)23(27)17-21-11-6-4-9-19(21)2/h3-6,8-11H,7,12-17H2,1-2H3. The Morgan fingerprint density at radius 2 is 1.11 bits per heavy atom. The molecule has 0 atom stereocenters. The predicted molar refractivity (Wildman–Crippen MR) is 108 cm³/mol. The van der Waals surface area contributed by atoms with E-state index >= 15 is 0 Å². The van der Waals surface area contributed by atoms with E-state index in [1.54, 1.807) is 0 Å². The number of hydrogen-bond donors (Lipinski definition) is 0. The SMILES string of the molecule is Cc1ccccc1CC(=O)N1CCCN(C(=O)Cc2ccccc2C)CC1. The number of amides is 2. The summed E-state index contributed by atoms with van der Waals surface area (Å²) in [6, 6.07) is 16.1. The van der Waals surface area contributed by atoms with Gasteiger partial charge in [0, 0.05) is 26.2 Å². The average molecular weight is 364 g/mol. The summed E-state index contributed by atoms with van der Waals surface area (Å²) in [5, 5.41) is 0. The summed E-state index contributed by atoms with van der Waals surface area (Å²) in [6.45, 7) is 6.75. The van der Waals surface area contributed by atoms with E-state index in [0.29, 0.717) is 25.9 Å². The first-order valence-corrected chi connectivity index (χ1v) is 9.69. The van der Waals surface area contributed by atoms with Crippen LogP contribution in [0.3, 0.4) is 0 Å². The number of carbonyl (C=O) groups excluding carboxylic acids is 2. The van der Waals surface area contributed by atoms with Crippen LogP contribution in [0.25, 0.3) is 0 Å². The number of aryl methyl sites for hydroxylation is 2. The summed E-state index contributed by atoms with van der Waals surface area (Å²) >= 11 is 0. The first-order chi connectivity index (χ1) is 13.0. The number of hydrogen-bond acceptors (Lipinski definition) is 2. The summed E-state index contributed by atoms with van der Waals surface area (Å²) in [4.78, 5) is 29.2. The van der Waals surface area contributed by atoms with Crippen molar-refractivity contribution < 1.29 is 9.59 Å². The quantitative estimate of drug-likeness (QED) is 0.836. The van der Waals surface area contributed by atoms with Gasteiger partial charge in [0.15, 0.2) is 0 Å². The van der Waals surface area contributed by atoms with Crippen LogP contribution in [-0.2, 0) is 22.4 Å². The van der Waals surface area contributed by atoms with Crippen LogP contribution in [0.5, 0.6) is 0 Å². The monoisotopic (exact) mass is 364 g/mol. The van der Waals surface area contributed by atoms with Crippen molar-refractivity contribution in [1.29, 1.82) is 0 Å². The molecule has 3 rings (SSSR count). The molecule has 4 heteroatoms. The Labute approximate surface area is 161 Å². The van der Waals surface area contributed by atoms with Crippen LogP contribution < -0.4 is 0 Å². The van der Waals surface area contributed by atoms with Crippen molar-refractivity contribution in [2.75, 3.05) is 26.2 Å². The molecular weight excluding hydrogens is 336 g/mol. The minimum Gasteiger partial charge on any atom is -0.341 e. The molecule has 0 N–H and O–H groups in total. The predicted octanol–water partition coefficient (Wildman–Crippen LogP) is 3.15. The Balaban J connectivity index is 1.57. The van der Waals surface area contributed by atoms with Crippen molar-refractivity contribution in [3.8, 4) is 0 Å². The molecule has 142 valence electrons. The minimum absolute atomic E-state index is 0.150. The molecule has 2 aromatic carbocycles. The highest BCUT2D eigenvalue weighted by atomic mass is 16.2. The maximum Gasteiger partial charge on any atom is 0.227 e. The molecule has 0 spiro atoms. The molecule has 2 aromatic rings. The third-order valence-electron chi connectivity index (χ3n) is 5.41. The van der Waals surface area contributed by atoms with E-state index in [1.807, 2.05) is 72.2 Å². The Bertz CT molecular complexity index is 748. The lowest BCUT2D eigenvalue weighted by Crippen LogP contribution is -2.38. The fraction of sp³-hybridized carbons (Fsp3) is 0.391. The topological polar surface area (TPSA) is 40.6 Å². The molecule has 4 nitrogen and oxygen atoms in total. The van der Waals surface area contributed by atoms with E-state index < -0.39 is 0 Å². The fourth-order valence-electron chi connectivity index (χ4n) is 3.58. The van der Waals surface area contributed by atoms with Crippen LogP contribution in [0, 0.1) is 13.8 Å². The number of benzene rings is 2. The van der Waals surface area contributed by atoms with Gasteiger partial charge in [-0.05, 0) is 42.5 Å². The van der Waals surface area contributed by atoms with E-state index in [4.69, 9.17) is 0 Å². The van der Waals surface area contributed by atoms with Crippen LogP contribution >= 0.6 is 0 Å². The molecule has 1 fully saturated rings. The van der Waals surface area contributed by atoms with Crippen LogP contribution in [-0.4, -0.2) is 47.8 Å². The third-order valence-corrected chi connectivity index (χ3v) is 5.41. The van der Waals surface area contributed by atoms with E-state index in [-0.39, 0.29) is 11.8 Å². The largest absolute Gasteiger partial charge is 0.341 e. The highest BCUT2D eigenvalue weighted by molar-refractivity contribution is 5.80. The van der Waals surface area contributed by atoms with Gasteiger partial charge in [0.05, 0.1) is 12.8 Å². The van der Waals surface area contributed by atoms with Crippen molar-refractivity contribution in [2.24, 2.45) is 0 Å². The molecule has 1 aliphatic heterocycles. The van der Waals surface area contributed by atoms with Crippen molar-refractivity contribution in [3.05, 3.63) is 70.8 Å². The number of nitrogens with zero attached hydrogens (tertiary/aromatic N) is 2. The molecular formula is C23H28N2O2. The molecule has 1 heterocycles. The van der Waals surface area contributed by atoms with E-state index in [2.05, 4.69) is 0 Å². The maximum atomic E-state index is 12.7. The molecule has 1 saturated heterocycles. The average Bonchev–Trinajstić information content (AvgIpc) is 2.92. The molecule has 27 heavy (non-hydrogen) atoms. The lowest BCUT2D eigenvalue weighted by Gasteiger charge is -2.23. The van der Waals surface area contributed by atoms with Gasteiger partial charge in [-0.3, -0.25) is 9.59 Å². The molecule has 0 radical (unpaired) electrons. The summed E-state index contributed by atoms with van der Waals surface area (Å²) < 4.78 is 0. The molecule has 1 aliphatic rings. The third kappa shape index (κ3) is 4.97. The van der Waals surface area contributed by atoms with Crippen LogP contribution in [0.4, 0.5) is 0 Å². The molecule has 0 unspecified atom stereocenters. The van der Waals surface area contributed by atoms with Gasteiger partial charge in [-0.2, -0.15) is 0 Å². The second-order valence-electron chi connectivity index (χ2n) is 7.32. The lowest BCUT2D eigenvalue weighted by atomic mass is 10.1. The van der Waals surface area contributed by atoms with Gasteiger partial charge in [-0.1, -0.05) is 48.5 Å². The maximum absolute atomic E-state index is 12.7. The zero-order valence-corrected chi connectivity index (χ0v) is 16.3. The summed E-state index contributed by atoms with van der Waals surface area (Å²) in [5.74, 6) is 0.301. The first-order valence-electron chi connectivity index (χ1n) is 9.69. The lowest BCUT2D eigenvalue weighted by molar-refractivity contribution is -0.132. The summed E-state index contributed by atoms with van der Waals surface area (Å²) in [6.07, 6.45) is 1.70. The normalized spacial score (nSPS) is 14.7. The highest BCUT2D eigenvalue weighted by Gasteiger charge is 2.22. The van der Waals surface area contributed by atoms with Gasteiger partial charge >= 0.3 is 0 Å². The van der Waals surface area contributed by atoms with Crippen molar-refractivity contribution >= 4 is 11.8 Å². The Kier molecular flexibility index (Phi) is 6.28. The second-order valence-corrected chi connectivity index (χ2v) is 7.32. The van der Waals surface area contributed by atoms with E-state index in [1.165, 1.54) is 0 Å². The van der Waals surface area contributed by atoms with Gasteiger partial charge < -0.3 is 9.80 Å². The van der Waals surface area contributed by atoms with E-state index in [0.717, 1.165) is 41.8 Å². The molecule has 0 aromatic heterocycles. The molecule has 2 amide bonds. The van der Waals surface area contributed by atoms with Crippen LogP contribution in [0.1, 0.15) is 28.7 Å². The highest BCUT2D eigenvalue weighted by Crippen LogP contribution is 2.13. The van der Waals surface area contributed by atoms with Crippen LogP contribution in [0.2, 0.25) is 0 Å². The summed E-state index contributed by atoms with van der Waals surface area (Å²) in [7, 11) is 0. The molecule has 0 aliphatic carbocycles. The van der Waals surface area contributed by atoms with Gasteiger partial charge in [0.2, 0.25) is 11.8 Å². The second kappa shape index (κ2) is 8.85. The Morgan fingerprint density at radius 1 is 0.704 bits per heavy atom. The smallest absolute Gasteiger partial charge is 0.227 e. The zero-order valence-electron chi connectivity index (χ0n) is 16.3. The van der Waals surface area contributed by atoms with Crippen molar-refractivity contribution in [2.45, 2.75) is 33.1 Å². The van der Waals surface area contributed by atoms with Gasteiger partial charge in [0.25, 0.3) is 0 Å². The van der Waals surface area contributed by atoms with Gasteiger partial charge in [0.1, 0.15) is 0 Å². The zero-order chi connectivity index (χ0) is 19.2. The van der Waals surface area contributed by atoms with Crippen LogP contribution in [0.15, 0.2) is 48.5 Å². The molecule has 0 saturated carbocycles. The number of rotatable bonds is 4. The van der Waals surface area contributed by atoms with Gasteiger partial charge in [-0.15, -0.1) is 0 Å². The fourth-order valence-corrected chi connectivity index (χ4v) is 3.58. The number of carbonyl (C=O) groups is 2. The van der Waals surface area contributed by atoms with Gasteiger partial charge in [-0.25, -0.2) is 0 Å². The Hall–Kier alpha value is -2.62. The van der Waals surface area contributed by atoms with E-state index in [9.17, 15) is 9.59 Å². The molecule has 0 bridgehead atoms. The Morgan fingerprint density at radius 3 is 1.52 bits per heavy atom. The summed E-state index contributed by atoms with van der Waals surface area (Å²) in [5.41, 5.74) is 4.46.